The van der Waals surface area contributed by atoms with Gasteiger partial charge in [-0.3, -0.25) is 9.69 Å². The number of aliphatic hydroxyl groups is 1. The maximum atomic E-state index is 12.4. The van der Waals surface area contributed by atoms with E-state index in [-0.39, 0.29) is 5.91 Å². The van der Waals surface area contributed by atoms with Gasteiger partial charge < -0.3 is 15.3 Å². The van der Waals surface area contributed by atoms with Crippen LogP contribution in [0.25, 0.3) is 0 Å². The Morgan fingerprint density at radius 2 is 1.63 bits per heavy atom. The molecule has 1 aromatic rings. The summed E-state index contributed by atoms with van der Waals surface area (Å²) in [6, 6.07) is 8.27. The van der Waals surface area contributed by atoms with E-state index < -0.39 is 5.60 Å². The molecule has 2 saturated heterocycles. The van der Waals surface area contributed by atoms with Crippen LogP contribution in [0.15, 0.2) is 24.3 Å². The van der Waals surface area contributed by atoms with Crippen molar-refractivity contribution < 1.29 is 9.90 Å². The van der Waals surface area contributed by atoms with Crippen LogP contribution in [-0.2, 0) is 4.79 Å². The van der Waals surface area contributed by atoms with Crippen molar-refractivity contribution in [1.82, 2.24) is 4.90 Å². The molecule has 1 aromatic carbocycles. The number of rotatable bonds is 5. The quantitative estimate of drug-likeness (QED) is 0.830. The Balaban J connectivity index is 1.45. The van der Waals surface area contributed by atoms with E-state index in [0.29, 0.717) is 12.5 Å². The number of carbonyl (C=O) groups excluding carboxylic acids is 1. The molecule has 2 aliphatic heterocycles. The molecule has 2 N–H and O–H groups in total. The van der Waals surface area contributed by atoms with Crippen molar-refractivity contribution >= 4 is 17.3 Å². The van der Waals surface area contributed by atoms with Gasteiger partial charge in [-0.1, -0.05) is 12.8 Å². The van der Waals surface area contributed by atoms with E-state index in [4.69, 9.17) is 0 Å². The number of hydrogen-bond acceptors (Lipinski definition) is 4. The third-order valence-electron chi connectivity index (χ3n) is 6.08. The topological polar surface area (TPSA) is 55.8 Å². The number of likely N-dealkylation sites (tertiary alicyclic amines) is 1. The van der Waals surface area contributed by atoms with Crippen molar-refractivity contribution in [3.63, 3.8) is 0 Å². The summed E-state index contributed by atoms with van der Waals surface area (Å²) in [6.45, 7) is 8.20. The van der Waals surface area contributed by atoms with Gasteiger partial charge in [0.1, 0.15) is 0 Å². The van der Waals surface area contributed by atoms with Gasteiger partial charge >= 0.3 is 0 Å². The summed E-state index contributed by atoms with van der Waals surface area (Å²) >= 11 is 0. The van der Waals surface area contributed by atoms with Crippen molar-refractivity contribution in [2.24, 2.45) is 5.92 Å². The lowest BCUT2D eigenvalue weighted by Crippen LogP contribution is -2.44. The Labute approximate surface area is 163 Å². The molecule has 2 aliphatic rings. The van der Waals surface area contributed by atoms with Crippen LogP contribution in [0.1, 0.15) is 52.4 Å². The first kappa shape index (κ1) is 20.2. The van der Waals surface area contributed by atoms with Gasteiger partial charge in [0.05, 0.1) is 12.1 Å². The summed E-state index contributed by atoms with van der Waals surface area (Å²) in [5.41, 5.74) is 1.50. The standard InChI is InChI=1S/C22H35N3O2/c1-22(2,27)18-11-15-24(16-12-18)17-21(26)23-19-7-9-20(10-8-19)25-13-5-3-4-6-14-25/h7-10,18,27H,3-6,11-17H2,1-2H3,(H,23,26). The molecule has 5 nitrogen and oxygen atoms in total. The van der Waals surface area contributed by atoms with Gasteiger partial charge in [0.25, 0.3) is 0 Å². The molecule has 1 amide bonds. The molecule has 0 unspecified atom stereocenters. The van der Waals surface area contributed by atoms with Crippen LogP contribution >= 0.6 is 0 Å². The van der Waals surface area contributed by atoms with E-state index in [1.54, 1.807) is 0 Å². The summed E-state index contributed by atoms with van der Waals surface area (Å²) in [7, 11) is 0. The Morgan fingerprint density at radius 3 is 2.19 bits per heavy atom. The van der Waals surface area contributed by atoms with Crippen molar-refractivity contribution in [2.45, 2.75) is 58.0 Å². The molecule has 0 saturated carbocycles. The van der Waals surface area contributed by atoms with Gasteiger partial charge in [-0.05, 0) is 82.8 Å². The molecule has 0 spiro atoms. The highest BCUT2D eigenvalue weighted by Gasteiger charge is 2.30. The second kappa shape index (κ2) is 9.07. The normalized spacial score (nSPS) is 20.3. The molecule has 2 heterocycles. The van der Waals surface area contributed by atoms with Gasteiger partial charge in [0.2, 0.25) is 5.91 Å². The first-order valence-electron chi connectivity index (χ1n) is 10.5. The lowest BCUT2D eigenvalue weighted by Gasteiger charge is -2.37. The zero-order valence-corrected chi connectivity index (χ0v) is 16.9. The minimum absolute atomic E-state index is 0.0410. The highest BCUT2D eigenvalue weighted by atomic mass is 16.3. The second-order valence-corrected chi connectivity index (χ2v) is 8.70. The summed E-state index contributed by atoms with van der Waals surface area (Å²) < 4.78 is 0. The third-order valence-corrected chi connectivity index (χ3v) is 6.08. The fourth-order valence-electron chi connectivity index (χ4n) is 4.29. The molecule has 5 heteroatoms. The minimum Gasteiger partial charge on any atom is -0.390 e. The number of nitrogens with zero attached hydrogens (tertiary/aromatic N) is 2. The van der Waals surface area contributed by atoms with E-state index >= 15 is 0 Å². The van der Waals surface area contributed by atoms with E-state index in [1.807, 2.05) is 26.0 Å². The first-order chi connectivity index (χ1) is 12.9. The molecule has 0 radical (unpaired) electrons. The number of hydrogen-bond donors (Lipinski definition) is 2. The Kier molecular flexibility index (Phi) is 6.77. The Hall–Kier alpha value is -1.59. The summed E-state index contributed by atoms with van der Waals surface area (Å²) in [4.78, 5) is 17.0. The molecule has 0 atom stereocenters. The van der Waals surface area contributed by atoms with Crippen LogP contribution in [-0.4, -0.2) is 54.2 Å². The lowest BCUT2D eigenvalue weighted by molar-refractivity contribution is -0.117. The maximum absolute atomic E-state index is 12.4. The molecule has 3 rings (SSSR count). The molecular weight excluding hydrogens is 338 g/mol. The molecule has 2 fully saturated rings. The van der Waals surface area contributed by atoms with E-state index in [1.165, 1.54) is 31.4 Å². The molecule has 0 aromatic heterocycles. The summed E-state index contributed by atoms with van der Waals surface area (Å²) in [6.07, 6.45) is 7.09. The molecule has 0 aliphatic carbocycles. The van der Waals surface area contributed by atoms with Crippen molar-refractivity contribution in [3.05, 3.63) is 24.3 Å². The van der Waals surface area contributed by atoms with Gasteiger partial charge in [0, 0.05) is 24.5 Å². The fourth-order valence-corrected chi connectivity index (χ4v) is 4.29. The van der Waals surface area contributed by atoms with E-state index in [9.17, 15) is 9.90 Å². The number of amides is 1. The SMILES string of the molecule is CC(C)(O)C1CCN(CC(=O)Nc2ccc(N3CCCCCC3)cc2)CC1. The minimum atomic E-state index is -0.622. The van der Waals surface area contributed by atoms with Crippen LogP contribution in [0, 0.1) is 5.92 Å². The second-order valence-electron chi connectivity index (χ2n) is 8.70. The lowest BCUT2D eigenvalue weighted by atomic mass is 9.83. The summed E-state index contributed by atoms with van der Waals surface area (Å²) in [5.74, 6) is 0.363. The number of carbonyl (C=O) groups is 1. The zero-order valence-electron chi connectivity index (χ0n) is 16.9. The number of nitrogens with one attached hydrogen (secondary N) is 1. The monoisotopic (exact) mass is 373 g/mol. The van der Waals surface area contributed by atoms with Crippen LogP contribution < -0.4 is 10.2 Å². The van der Waals surface area contributed by atoms with Crippen LogP contribution in [0.5, 0.6) is 0 Å². The molecule has 150 valence electrons. The van der Waals surface area contributed by atoms with E-state index in [0.717, 1.165) is 44.7 Å². The highest BCUT2D eigenvalue weighted by Crippen LogP contribution is 2.27. The number of piperidine rings is 1. The Morgan fingerprint density at radius 1 is 1.04 bits per heavy atom. The fraction of sp³-hybridized carbons (Fsp3) is 0.682. The van der Waals surface area contributed by atoms with Crippen LogP contribution in [0.2, 0.25) is 0 Å². The number of anilines is 2. The first-order valence-corrected chi connectivity index (χ1v) is 10.5. The highest BCUT2D eigenvalue weighted by molar-refractivity contribution is 5.92. The smallest absolute Gasteiger partial charge is 0.238 e. The van der Waals surface area contributed by atoms with Crippen molar-refractivity contribution in [2.75, 3.05) is 42.9 Å². The maximum Gasteiger partial charge on any atom is 0.238 e. The predicted molar refractivity (Wildman–Crippen MR) is 111 cm³/mol. The average molecular weight is 374 g/mol. The van der Waals surface area contributed by atoms with Crippen molar-refractivity contribution in [3.8, 4) is 0 Å². The van der Waals surface area contributed by atoms with Gasteiger partial charge in [0.15, 0.2) is 0 Å². The van der Waals surface area contributed by atoms with Gasteiger partial charge in [-0.25, -0.2) is 0 Å². The van der Waals surface area contributed by atoms with Gasteiger partial charge in [-0.2, -0.15) is 0 Å². The molecule has 0 bridgehead atoms. The Bertz CT molecular complexity index is 593. The molecule has 27 heavy (non-hydrogen) atoms. The van der Waals surface area contributed by atoms with Crippen molar-refractivity contribution in [1.29, 1.82) is 0 Å². The number of benzene rings is 1. The summed E-state index contributed by atoms with van der Waals surface area (Å²) in [5, 5.41) is 13.2. The molecular formula is C22H35N3O2. The van der Waals surface area contributed by atoms with Crippen LogP contribution in [0.4, 0.5) is 11.4 Å². The largest absolute Gasteiger partial charge is 0.390 e. The predicted octanol–water partition coefficient (Wildman–Crippen LogP) is 3.49. The third kappa shape index (κ3) is 5.94. The van der Waals surface area contributed by atoms with Gasteiger partial charge in [-0.15, -0.1) is 0 Å². The van der Waals surface area contributed by atoms with E-state index in [2.05, 4.69) is 27.2 Å². The zero-order chi connectivity index (χ0) is 19.3. The van der Waals surface area contributed by atoms with Crippen LogP contribution in [0.3, 0.4) is 0 Å². The average Bonchev–Trinajstić information content (AvgIpc) is 2.91.